The van der Waals surface area contributed by atoms with Crippen molar-refractivity contribution in [1.82, 2.24) is 0 Å². The molecule has 7 heteroatoms. The molecule has 23 heavy (non-hydrogen) atoms. The summed E-state index contributed by atoms with van der Waals surface area (Å²) in [5.41, 5.74) is 0.400. The Bertz CT molecular complexity index is 859. The molecule has 1 aliphatic rings. The predicted molar refractivity (Wildman–Crippen MR) is 90.7 cm³/mol. The van der Waals surface area contributed by atoms with E-state index in [1.54, 1.807) is 24.3 Å². The molecular weight excluding hydrogens is 357 g/mol. The average Bonchev–Trinajstić information content (AvgIpc) is 3.32. The molecule has 1 saturated carbocycles. The van der Waals surface area contributed by atoms with Crippen LogP contribution in [-0.4, -0.2) is 19.1 Å². The van der Waals surface area contributed by atoms with Crippen molar-refractivity contribution in [2.24, 2.45) is 0 Å². The molecule has 1 N–H and O–H groups in total. The van der Waals surface area contributed by atoms with Gasteiger partial charge in [0.15, 0.2) is 14.6 Å². The molecule has 0 aromatic heterocycles. The smallest absolute Gasteiger partial charge is 0.246 e. The molecule has 1 fully saturated rings. The Morgan fingerprint density at radius 1 is 1.00 bits per heavy atom. The van der Waals surface area contributed by atoms with Crippen LogP contribution in [0.3, 0.4) is 0 Å². The van der Waals surface area contributed by atoms with Gasteiger partial charge in [-0.15, -0.1) is 0 Å². The number of carbonyl (C=O) groups is 1. The maximum absolute atomic E-state index is 12.8. The number of hydrogen-bond acceptors (Lipinski definition) is 3. The third kappa shape index (κ3) is 2.84. The predicted octanol–water partition coefficient (Wildman–Crippen LogP) is 3.94. The zero-order valence-corrected chi connectivity index (χ0v) is 14.3. The van der Waals surface area contributed by atoms with Gasteiger partial charge in [-0.25, -0.2) is 8.42 Å². The highest BCUT2D eigenvalue weighted by Crippen LogP contribution is 2.48. The number of halogens is 2. The summed E-state index contributed by atoms with van der Waals surface area (Å²) in [4.78, 5) is 12.7. The summed E-state index contributed by atoms with van der Waals surface area (Å²) in [5.74, 6) is -0.555. The number of carbonyl (C=O) groups excluding carboxylic acids is 1. The lowest BCUT2D eigenvalue weighted by Gasteiger charge is -2.17. The number of para-hydroxylation sites is 1. The maximum Gasteiger partial charge on any atom is 0.246 e. The molecule has 0 heterocycles. The zero-order chi connectivity index (χ0) is 16.7. The van der Waals surface area contributed by atoms with E-state index in [9.17, 15) is 13.2 Å². The zero-order valence-electron chi connectivity index (χ0n) is 11.9. The van der Waals surface area contributed by atoms with E-state index < -0.39 is 20.5 Å². The summed E-state index contributed by atoms with van der Waals surface area (Å²) in [5, 5.41) is 3.42. The Morgan fingerprint density at radius 2 is 1.61 bits per heavy atom. The van der Waals surface area contributed by atoms with Gasteiger partial charge in [0.1, 0.15) is 0 Å². The monoisotopic (exact) mass is 369 g/mol. The Morgan fingerprint density at radius 3 is 2.17 bits per heavy atom. The molecule has 4 nitrogen and oxygen atoms in total. The van der Waals surface area contributed by atoms with Crippen molar-refractivity contribution in [3.63, 3.8) is 0 Å². The molecule has 2 aromatic carbocycles. The minimum Gasteiger partial charge on any atom is -0.323 e. The fraction of sp³-hybridized carbons (Fsp3) is 0.188. The second-order valence-electron chi connectivity index (χ2n) is 5.39. The van der Waals surface area contributed by atoms with Crippen LogP contribution in [0.2, 0.25) is 10.0 Å². The minimum absolute atomic E-state index is 0.0914. The Hall–Kier alpha value is -1.56. The molecule has 3 rings (SSSR count). The third-order valence-electron chi connectivity index (χ3n) is 3.88. The van der Waals surface area contributed by atoms with Gasteiger partial charge in [0.05, 0.1) is 15.6 Å². The number of hydrogen-bond donors (Lipinski definition) is 1. The number of rotatable bonds is 4. The molecule has 0 bridgehead atoms. The van der Waals surface area contributed by atoms with E-state index >= 15 is 0 Å². The standard InChI is InChI=1S/C16H13Cl2NO3S/c17-11-5-7-12(8-6-11)23(21,22)16(9-10-16)15(20)19-14-4-2-1-3-13(14)18/h1-8H,9-10H2,(H,19,20). The van der Waals surface area contributed by atoms with Gasteiger partial charge in [0.25, 0.3) is 0 Å². The van der Waals surface area contributed by atoms with Crippen molar-refractivity contribution in [3.8, 4) is 0 Å². The van der Waals surface area contributed by atoms with Crippen LogP contribution in [0.15, 0.2) is 53.4 Å². The summed E-state index contributed by atoms with van der Waals surface area (Å²) in [6.45, 7) is 0. The second kappa shape index (κ2) is 5.82. The molecule has 1 aliphatic carbocycles. The van der Waals surface area contributed by atoms with Crippen molar-refractivity contribution >= 4 is 44.6 Å². The highest BCUT2D eigenvalue weighted by Gasteiger charge is 2.61. The Labute approximate surface area is 144 Å². The molecule has 0 aliphatic heterocycles. The van der Waals surface area contributed by atoms with Crippen molar-refractivity contribution < 1.29 is 13.2 Å². The lowest BCUT2D eigenvalue weighted by Crippen LogP contribution is -2.37. The summed E-state index contributed by atoms with van der Waals surface area (Å²) >= 11 is 11.8. The summed E-state index contributed by atoms with van der Waals surface area (Å²) in [6, 6.07) is 12.5. The lowest BCUT2D eigenvalue weighted by molar-refractivity contribution is -0.116. The highest BCUT2D eigenvalue weighted by atomic mass is 35.5. The highest BCUT2D eigenvalue weighted by molar-refractivity contribution is 7.94. The van der Waals surface area contributed by atoms with Crippen molar-refractivity contribution in [3.05, 3.63) is 58.6 Å². The molecular formula is C16H13Cl2NO3S. The number of nitrogens with one attached hydrogen (secondary N) is 1. The van der Waals surface area contributed by atoms with Crippen LogP contribution in [0.4, 0.5) is 5.69 Å². The van der Waals surface area contributed by atoms with Gasteiger partial charge >= 0.3 is 0 Å². The molecule has 120 valence electrons. The van der Waals surface area contributed by atoms with Crippen LogP contribution in [0, 0.1) is 0 Å². The molecule has 0 radical (unpaired) electrons. The summed E-state index contributed by atoms with van der Waals surface area (Å²) in [6.07, 6.45) is 0.572. The third-order valence-corrected chi connectivity index (χ3v) is 6.98. The number of benzene rings is 2. The first-order valence-corrected chi connectivity index (χ1v) is 9.17. The quantitative estimate of drug-likeness (QED) is 0.887. The van der Waals surface area contributed by atoms with Gasteiger partial charge in [0, 0.05) is 5.02 Å². The van der Waals surface area contributed by atoms with E-state index in [2.05, 4.69) is 5.32 Å². The fourth-order valence-electron chi connectivity index (χ4n) is 2.37. The SMILES string of the molecule is O=C(Nc1ccccc1Cl)C1(S(=O)(=O)c2ccc(Cl)cc2)CC1. The molecule has 0 atom stereocenters. The van der Waals surface area contributed by atoms with Crippen LogP contribution in [0.25, 0.3) is 0 Å². The molecule has 0 unspecified atom stereocenters. The second-order valence-corrected chi connectivity index (χ2v) is 8.49. The van der Waals surface area contributed by atoms with E-state index in [4.69, 9.17) is 23.2 Å². The largest absolute Gasteiger partial charge is 0.323 e. The number of sulfone groups is 1. The lowest BCUT2D eigenvalue weighted by atomic mass is 10.3. The minimum atomic E-state index is -3.79. The molecule has 2 aromatic rings. The van der Waals surface area contributed by atoms with Crippen LogP contribution in [0.1, 0.15) is 12.8 Å². The van der Waals surface area contributed by atoms with Crippen LogP contribution in [0.5, 0.6) is 0 Å². The van der Waals surface area contributed by atoms with Gasteiger partial charge < -0.3 is 5.32 Å². The summed E-state index contributed by atoms with van der Waals surface area (Å²) < 4.78 is 24.2. The van der Waals surface area contributed by atoms with E-state index in [1.807, 2.05) is 0 Å². The van der Waals surface area contributed by atoms with Crippen molar-refractivity contribution in [1.29, 1.82) is 0 Å². The molecule has 0 spiro atoms. The van der Waals surface area contributed by atoms with Gasteiger partial charge in [-0.05, 0) is 49.2 Å². The van der Waals surface area contributed by atoms with Crippen LogP contribution >= 0.6 is 23.2 Å². The summed E-state index contributed by atoms with van der Waals surface area (Å²) in [7, 11) is -3.79. The van der Waals surface area contributed by atoms with Crippen molar-refractivity contribution in [2.45, 2.75) is 22.5 Å². The fourth-order valence-corrected chi connectivity index (χ4v) is 4.56. The van der Waals surface area contributed by atoms with Crippen molar-refractivity contribution in [2.75, 3.05) is 5.32 Å². The van der Waals surface area contributed by atoms with E-state index in [0.29, 0.717) is 15.7 Å². The number of anilines is 1. The van der Waals surface area contributed by atoms with Crippen LogP contribution in [-0.2, 0) is 14.6 Å². The Balaban J connectivity index is 1.91. The topological polar surface area (TPSA) is 63.2 Å². The first-order valence-electron chi connectivity index (χ1n) is 6.93. The van der Waals surface area contributed by atoms with Crippen LogP contribution < -0.4 is 5.32 Å². The Kier molecular flexibility index (Phi) is 4.12. The van der Waals surface area contributed by atoms with Gasteiger partial charge in [-0.3, -0.25) is 4.79 Å². The first kappa shape index (κ1) is 16.3. The molecule has 0 saturated heterocycles. The first-order chi connectivity index (χ1) is 10.9. The van der Waals surface area contributed by atoms with Gasteiger partial charge in [0.2, 0.25) is 5.91 Å². The van der Waals surface area contributed by atoms with Gasteiger partial charge in [-0.1, -0.05) is 35.3 Å². The normalized spacial score (nSPS) is 15.9. The maximum atomic E-state index is 12.8. The van der Waals surface area contributed by atoms with Gasteiger partial charge in [-0.2, -0.15) is 0 Å². The van der Waals surface area contributed by atoms with E-state index in [1.165, 1.54) is 24.3 Å². The van der Waals surface area contributed by atoms with E-state index in [0.717, 1.165) is 0 Å². The molecule has 1 amide bonds. The number of amides is 1. The average molecular weight is 370 g/mol. The van der Waals surface area contributed by atoms with E-state index in [-0.39, 0.29) is 17.7 Å².